The Morgan fingerprint density at radius 1 is 1.38 bits per heavy atom. The van der Waals surface area contributed by atoms with Gasteiger partial charge in [0.2, 0.25) is 0 Å². The van der Waals surface area contributed by atoms with E-state index >= 15 is 0 Å². The molecule has 16 heavy (non-hydrogen) atoms. The van der Waals surface area contributed by atoms with Gasteiger partial charge in [-0.1, -0.05) is 6.07 Å². The molecule has 0 saturated carbocycles. The molecule has 1 N–H and O–H groups in total. The predicted molar refractivity (Wildman–Crippen MR) is 69.8 cm³/mol. The van der Waals surface area contributed by atoms with Gasteiger partial charge in [-0.05, 0) is 52.4 Å². The lowest BCUT2D eigenvalue weighted by Gasteiger charge is -2.20. The number of anilines is 1. The van der Waals surface area contributed by atoms with Crippen molar-refractivity contribution in [3.05, 3.63) is 23.9 Å². The summed E-state index contributed by atoms with van der Waals surface area (Å²) in [6.45, 7) is 8.59. The highest BCUT2D eigenvalue weighted by Gasteiger charge is 2.01. The van der Waals surface area contributed by atoms with Gasteiger partial charge >= 0.3 is 0 Å². The van der Waals surface area contributed by atoms with Gasteiger partial charge < -0.3 is 10.2 Å². The first-order chi connectivity index (χ1) is 7.59. The molecule has 0 amide bonds. The van der Waals surface area contributed by atoms with Gasteiger partial charge in [-0.3, -0.25) is 0 Å². The third-order valence-electron chi connectivity index (χ3n) is 2.79. The van der Waals surface area contributed by atoms with Gasteiger partial charge in [0.15, 0.2) is 0 Å². The summed E-state index contributed by atoms with van der Waals surface area (Å²) >= 11 is 0. The van der Waals surface area contributed by atoms with E-state index in [1.165, 1.54) is 5.56 Å². The van der Waals surface area contributed by atoms with Crippen LogP contribution in [0.5, 0.6) is 0 Å². The van der Waals surface area contributed by atoms with Crippen LogP contribution >= 0.6 is 0 Å². The van der Waals surface area contributed by atoms with Crippen molar-refractivity contribution in [1.29, 1.82) is 0 Å². The van der Waals surface area contributed by atoms with Crippen LogP contribution in [-0.4, -0.2) is 36.1 Å². The quantitative estimate of drug-likeness (QED) is 0.748. The largest absolute Gasteiger partial charge is 0.370 e. The molecular weight excluding hydrogens is 198 g/mol. The Bertz CT molecular complexity index is 293. The van der Waals surface area contributed by atoms with Gasteiger partial charge in [0.1, 0.15) is 5.82 Å². The van der Waals surface area contributed by atoms with Crippen LogP contribution < -0.4 is 5.32 Å². The fourth-order valence-electron chi connectivity index (χ4n) is 1.38. The molecule has 0 aliphatic carbocycles. The maximum absolute atomic E-state index is 4.31. The summed E-state index contributed by atoms with van der Waals surface area (Å²) in [5.41, 5.74) is 1.20. The van der Waals surface area contributed by atoms with Gasteiger partial charge in [0.25, 0.3) is 0 Å². The summed E-state index contributed by atoms with van der Waals surface area (Å²) < 4.78 is 0. The highest BCUT2D eigenvalue weighted by atomic mass is 15.1. The first-order valence-electron chi connectivity index (χ1n) is 5.96. The number of hydrogen-bond donors (Lipinski definition) is 1. The molecule has 90 valence electrons. The second-order valence-corrected chi connectivity index (χ2v) is 4.58. The van der Waals surface area contributed by atoms with Crippen molar-refractivity contribution >= 4 is 5.82 Å². The number of aryl methyl sites for hydroxylation is 1. The average Bonchev–Trinajstić information content (AvgIpc) is 2.26. The fourth-order valence-corrected chi connectivity index (χ4v) is 1.38. The Kier molecular flexibility index (Phi) is 5.26. The minimum Gasteiger partial charge on any atom is -0.370 e. The van der Waals surface area contributed by atoms with E-state index in [4.69, 9.17) is 0 Å². The van der Waals surface area contributed by atoms with Crippen LogP contribution in [-0.2, 0) is 0 Å². The molecule has 0 spiro atoms. The highest BCUT2D eigenvalue weighted by molar-refractivity contribution is 5.34. The molecule has 1 aromatic rings. The summed E-state index contributed by atoms with van der Waals surface area (Å²) in [4.78, 5) is 6.66. The molecule has 0 saturated heterocycles. The molecule has 0 atom stereocenters. The summed E-state index contributed by atoms with van der Waals surface area (Å²) in [7, 11) is 2.16. The monoisotopic (exact) mass is 221 g/mol. The molecule has 3 nitrogen and oxygen atoms in total. The third kappa shape index (κ3) is 4.62. The SMILES string of the molecule is Cc1ccc(NCCCN(C)C(C)C)nc1. The Balaban J connectivity index is 2.18. The van der Waals surface area contributed by atoms with Crippen molar-refractivity contribution in [3.8, 4) is 0 Å². The van der Waals surface area contributed by atoms with Crippen LogP contribution in [0.2, 0.25) is 0 Å². The van der Waals surface area contributed by atoms with E-state index < -0.39 is 0 Å². The Labute approximate surface area is 98.9 Å². The topological polar surface area (TPSA) is 28.2 Å². The molecule has 0 bridgehead atoms. The van der Waals surface area contributed by atoms with Crippen molar-refractivity contribution in [2.45, 2.75) is 33.2 Å². The summed E-state index contributed by atoms with van der Waals surface area (Å²) in [6, 6.07) is 4.73. The molecule has 0 fully saturated rings. The smallest absolute Gasteiger partial charge is 0.125 e. The number of aromatic nitrogens is 1. The second kappa shape index (κ2) is 6.48. The van der Waals surface area contributed by atoms with Crippen LogP contribution in [0.25, 0.3) is 0 Å². The van der Waals surface area contributed by atoms with Gasteiger partial charge in [-0.2, -0.15) is 0 Å². The zero-order valence-corrected chi connectivity index (χ0v) is 10.8. The van der Waals surface area contributed by atoms with Gasteiger partial charge in [-0.15, -0.1) is 0 Å². The van der Waals surface area contributed by atoms with Crippen molar-refractivity contribution in [1.82, 2.24) is 9.88 Å². The van der Waals surface area contributed by atoms with Gasteiger partial charge in [0.05, 0.1) is 0 Å². The molecule has 0 aliphatic heterocycles. The molecule has 3 heteroatoms. The molecule has 0 aromatic carbocycles. The Morgan fingerprint density at radius 3 is 2.69 bits per heavy atom. The summed E-state index contributed by atoms with van der Waals surface area (Å²) in [5.74, 6) is 0.970. The number of hydrogen-bond acceptors (Lipinski definition) is 3. The van der Waals surface area contributed by atoms with Crippen molar-refractivity contribution in [3.63, 3.8) is 0 Å². The van der Waals surface area contributed by atoms with Crippen LogP contribution in [0.15, 0.2) is 18.3 Å². The molecule has 0 radical (unpaired) electrons. The molecule has 1 aromatic heterocycles. The van der Waals surface area contributed by atoms with E-state index in [1.807, 2.05) is 19.2 Å². The Hall–Kier alpha value is -1.09. The van der Waals surface area contributed by atoms with Crippen LogP contribution in [0, 0.1) is 6.92 Å². The van der Waals surface area contributed by atoms with Crippen LogP contribution in [0.3, 0.4) is 0 Å². The highest BCUT2D eigenvalue weighted by Crippen LogP contribution is 2.03. The maximum atomic E-state index is 4.31. The van der Waals surface area contributed by atoms with E-state index in [-0.39, 0.29) is 0 Å². The van der Waals surface area contributed by atoms with Crippen molar-refractivity contribution < 1.29 is 0 Å². The van der Waals surface area contributed by atoms with E-state index in [0.717, 1.165) is 25.3 Å². The van der Waals surface area contributed by atoms with E-state index in [1.54, 1.807) is 0 Å². The Morgan fingerprint density at radius 2 is 2.12 bits per heavy atom. The second-order valence-electron chi connectivity index (χ2n) is 4.58. The van der Waals surface area contributed by atoms with Crippen LogP contribution in [0.1, 0.15) is 25.8 Å². The lowest BCUT2D eigenvalue weighted by atomic mass is 10.3. The fraction of sp³-hybridized carbons (Fsp3) is 0.615. The zero-order valence-electron chi connectivity index (χ0n) is 10.8. The number of nitrogens with one attached hydrogen (secondary N) is 1. The first-order valence-corrected chi connectivity index (χ1v) is 5.96. The first kappa shape index (κ1) is 13.0. The van der Waals surface area contributed by atoms with Gasteiger partial charge in [-0.25, -0.2) is 4.98 Å². The molecule has 0 aliphatic rings. The van der Waals surface area contributed by atoms with Crippen LogP contribution in [0.4, 0.5) is 5.82 Å². The maximum Gasteiger partial charge on any atom is 0.125 e. The van der Waals surface area contributed by atoms with Gasteiger partial charge in [0, 0.05) is 18.8 Å². The van der Waals surface area contributed by atoms with E-state index in [9.17, 15) is 0 Å². The number of rotatable bonds is 6. The normalized spacial score (nSPS) is 11.1. The van der Waals surface area contributed by atoms with E-state index in [0.29, 0.717) is 6.04 Å². The lowest BCUT2D eigenvalue weighted by molar-refractivity contribution is 0.273. The predicted octanol–water partition coefficient (Wildman–Crippen LogP) is 2.53. The molecule has 0 unspecified atom stereocenters. The number of nitrogens with zero attached hydrogens (tertiary/aromatic N) is 2. The minimum atomic E-state index is 0.623. The summed E-state index contributed by atoms with van der Waals surface area (Å²) in [5, 5.41) is 3.33. The molecular formula is C13H23N3. The summed E-state index contributed by atoms with van der Waals surface area (Å²) in [6.07, 6.45) is 3.03. The average molecular weight is 221 g/mol. The minimum absolute atomic E-state index is 0.623. The number of pyridine rings is 1. The lowest BCUT2D eigenvalue weighted by Crippen LogP contribution is -2.28. The standard InChI is InChI=1S/C13H23N3/c1-11(2)16(4)9-5-8-14-13-7-6-12(3)10-15-13/h6-7,10-11H,5,8-9H2,1-4H3,(H,14,15). The van der Waals surface area contributed by atoms with E-state index in [2.05, 4.69) is 42.2 Å². The van der Waals surface area contributed by atoms with Crippen molar-refractivity contribution in [2.24, 2.45) is 0 Å². The molecule has 1 heterocycles. The molecule has 1 rings (SSSR count). The zero-order chi connectivity index (χ0) is 12.0. The van der Waals surface area contributed by atoms with Crippen molar-refractivity contribution in [2.75, 3.05) is 25.5 Å². The third-order valence-corrected chi connectivity index (χ3v) is 2.79.